The number of nitrogens with one attached hydrogen (secondary N) is 1. The number of amides is 4. The van der Waals surface area contributed by atoms with Crippen molar-refractivity contribution in [3.05, 3.63) is 101 Å². The number of benzene rings is 3. The van der Waals surface area contributed by atoms with Crippen LogP contribution in [-0.2, 0) is 4.74 Å². The Morgan fingerprint density at radius 3 is 2.00 bits per heavy atom. The van der Waals surface area contributed by atoms with Gasteiger partial charge in [0.25, 0.3) is 0 Å². The summed E-state index contributed by atoms with van der Waals surface area (Å²) in [7, 11) is 0. The van der Waals surface area contributed by atoms with Crippen LogP contribution in [0, 0.1) is 13.1 Å². The molecule has 36 heavy (non-hydrogen) atoms. The zero-order chi connectivity index (χ0) is 25.3. The van der Waals surface area contributed by atoms with Crippen LogP contribution in [0.4, 0.5) is 38.0 Å². The second-order valence-corrected chi connectivity index (χ2v) is 8.54. The molecule has 0 bridgehead atoms. The Morgan fingerprint density at radius 2 is 1.47 bits per heavy atom. The second-order valence-electron chi connectivity index (χ2n) is 8.11. The van der Waals surface area contributed by atoms with Crippen LogP contribution in [-0.4, -0.2) is 36.7 Å². The molecule has 3 aromatic rings. The van der Waals surface area contributed by atoms with Gasteiger partial charge in [-0.1, -0.05) is 35.9 Å². The first kappa shape index (κ1) is 23.1. The monoisotopic (exact) mass is 496 g/mol. The van der Waals surface area contributed by atoms with Gasteiger partial charge in [-0.15, -0.1) is 0 Å². The molecule has 2 heterocycles. The number of rotatable bonds is 3. The Balaban J connectivity index is 1.58. The maximum atomic E-state index is 13.8. The summed E-state index contributed by atoms with van der Waals surface area (Å²) >= 11 is 6.06. The SMILES string of the molecule is [C-]#[N+]c1ccc(NC(=O)N=C2N(c3ccc([N+]#[C-])cc3)C(=O)N(c3ccc(Cl)cc3)C23COC3)cc1. The first-order valence-corrected chi connectivity index (χ1v) is 11.2. The molecule has 3 aromatic carbocycles. The molecule has 2 fully saturated rings. The van der Waals surface area contributed by atoms with Crippen molar-refractivity contribution in [3.8, 4) is 0 Å². The molecule has 1 spiro atoms. The lowest BCUT2D eigenvalue weighted by molar-refractivity contribution is -0.0152. The molecule has 0 atom stereocenters. The minimum absolute atomic E-state index is 0.143. The van der Waals surface area contributed by atoms with Gasteiger partial charge in [-0.25, -0.2) is 24.2 Å². The van der Waals surface area contributed by atoms with Gasteiger partial charge in [-0.2, -0.15) is 4.99 Å². The van der Waals surface area contributed by atoms with Gasteiger partial charge in [0.1, 0.15) is 0 Å². The fourth-order valence-electron chi connectivity index (χ4n) is 4.11. The number of anilines is 3. The van der Waals surface area contributed by atoms with Crippen molar-refractivity contribution in [1.82, 2.24) is 0 Å². The lowest BCUT2D eigenvalue weighted by Gasteiger charge is -2.43. The fourth-order valence-corrected chi connectivity index (χ4v) is 4.24. The highest BCUT2D eigenvalue weighted by atomic mass is 35.5. The van der Waals surface area contributed by atoms with Crippen molar-refractivity contribution in [1.29, 1.82) is 0 Å². The second kappa shape index (κ2) is 9.16. The highest BCUT2D eigenvalue weighted by Crippen LogP contribution is 2.42. The van der Waals surface area contributed by atoms with E-state index in [9.17, 15) is 9.59 Å². The zero-order valence-electron chi connectivity index (χ0n) is 18.7. The summed E-state index contributed by atoms with van der Waals surface area (Å²) in [5.41, 5.74) is 1.36. The van der Waals surface area contributed by atoms with E-state index in [0.29, 0.717) is 33.5 Å². The standard InChI is InChI=1S/C26H17ClN6O3/c1-28-18-5-7-20(8-6-18)30-24(34)31-23-26(15-36-16-26)33(22-11-3-17(27)4-12-22)25(35)32(23)21-13-9-19(29-2)10-14-21/h3-14H,15-16H2,(H,30,34). The molecule has 9 nitrogen and oxygen atoms in total. The van der Waals surface area contributed by atoms with Crippen LogP contribution in [0.1, 0.15) is 0 Å². The molecule has 2 aliphatic heterocycles. The maximum absolute atomic E-state index is 13.8. The predicted octanol–water partition coefficient (Wildman–Crippen LogP) is 6.29. The Kier molecular flexibility index (Phi) is 5.87. The molecule has 4 amide bonds. The molecular weight excluding hydrogens is 480 g/mol. The van der Waals surface area contributed by atoms with Crippen molar-refractivity contribution in [2.75, 3.05) is 28.3 Å². The van der Waals surface area contributed by atoms with E-state index in [-0.39, 0.29) is 19.0 Å². The number of nitrogens with zero attached hydrogens (tertiary/aromatic N) is 5. The number of urea groups is 2. The molecular formula is C26H17ClN6O3. The number of hydrogen-bond acceptors (Lipinski definition) is 3. The van der Waals surface area contributed by atoms with Gasteiger partial charge in [-0.3, -0.25) is 4.90 Å². The van der Waals surface area contributed by atoms with Crippen LogP contribution in [0.15, 0.2) is 77.8 Å². The van der Waals surface area contributed by atoms with Crippen LogP contribution in [0.2, 0.25) is 5.02 Å². The Labute approximate surface area is 211 Å². The van der Waals surface area contributed by atoms with E-state index in [4.69, 9.17) is 29.5 Å². The van der Waals surface area contributed by atoms with E-state index in [1.807, 2.05) is 0 Å². The highest BCUT2D eigenvalue weighted by Gasteiger charge is 2.61. The lowest BCUT2D eigenvalue weighted by atomic mass is 9.94. The van der Waals surface area contributed by atoms with Gasteiger partial charge in [0.05, 0.1) is 26.4 Å². The molecule has 1 N–H and O–H groups in total. The fraction of sp³-hybridized carbons (Fsp3) is 0.115. The van der Waals surface area contributed by atoms with Crippen LogP contribution >= 0.6 is 11.6 Å². The van der Waals surface area contributed by atoms with Crippen LogP contribution in [0.5, 0.6) is 0 Å². The Bertz CT molecular complexity index is 1450. The van der Waals surface area contributed by atoms with E-state index >= 15 is 0 Å². The average Bonchev–Trinajstić information content (AvgIpc) is 3.13. The summed E-state index contributed by atoms with van der Waals surface area (Å²) in [6, 6.07) is 18.6. The lowest BCUT2D eigenvalue weighted by Crippen LogP contribution is -2.64. The number of aliphatic imine (C=N–C) groups is 1. The summed E-state index contributed by atoms with van der Waals surface area (Å²) in [4.78, 5) is 40.9. The first-order valence-electron chi connectivity index (χ1n) is 10.8. The zero-order valence-corrected chi connectivity index (χ0v) is 19.4. The van der Waals surface area contributed by atoms with Crippen molar-refractivity contribution in [2.24, 2.45) is 4.99 Å². The van der Waals surface area contributed by atoms with Gasteiger partial charge in [0, 0.05) is 22.1 Å². The number of halogens is 1. The third-order valence-corrected chi connectivity index (χ3v) is 6.15. The van der Waals surface area contributed by atoms with Crippen LogP contribution in [0.25, 0.3) is 9.69 Å². The van der Waals surface area contributed by atoms with E-state index in [0.717, 1.165) is 0 Å². The van der Waals surface area contributed by atoms with Gasteiger partial charge in [0.2, 0.25) is 0 Å². The molecule has 10 heteroatoms. The van der Waals surface area contributed by atoms with E-state index < -0.39 is 17.6 Å². The maximum Gasteiger partial charge on any atom is 0.347 e. The van der Waals surface area contributed by atoms with Crippen molar-refractivity contribution >= 4 is 57.9 Å². The molecule has 0 aliphatic carbocycles. The Morgan fingerprint density at radius 1 is 0.917 bits per heavy atom. The van der Waals surface area contributed by atoms with Crippen molar-refractivity contribution in [2.45, 2.75) is 5.54 Å². The summed E-state index contributed by atoms with van der Waals surface area (Å²) in [5.74, 6) is 0.208. The van der Waals surface area contributed by atoms with Gasteiger partial charge in [-0.05, 0) is 48.5 Å². The number of hydrogen-bond donors (Lipinski definition) is 1. The molecule has 0 aromatic heterocycles. The van der Waals surface area contributed by atoms with Gasteiger partial charge in [0.15, 0.2) is 22.7 Å². The number of ether oxygens (including phenoxy) is 1. The molecule has 0 unspecified atom stereocenters. The highest BCUT2D eigenvalue weighted by molar-refractivity contribution is 6.34. The number of amidine groups is 1. The minimum atomic E-state index is -1.01. The van der Waals surface area contributed by atoms with Crippen LogP contribution in [0.3, 0.4) is 0 Å². The molecule has 176 valence electrons. The Hall–Kier alpha value is -4.70. The van der Waals surface area contributed by atoms with Crippen molar-refractivity contribution in [3.63, 3.8) is 0 Å². The topological polar surface area (TPSA) is 83.0 Å². The summed E-state index contributed by atoms with van der Waals surface area (Å²) in [6.07, 6.45) is 0. The third kappa shape index (κ3) is 3.93. The number of carbonyl (C=O) groups excluding carboxylic acids is 2. The van der Waals surface area contributed by atoms with Crippen LogP contribution < -0.4 is 15.1 Å². The molecule has 5 rings (SSSR count). The normalized spacial score (nSPS) is 17.0. The third-order valence-electron chi connectivity index (χ3n) is 5.90. The number of carbonyl (C=O) groups is 2. The summed E-state index contributed by atoms with van der Waals surface area (Å²) in [5, 5.41) is 3.21. The van der Waals surface area contributed by atoms with E-state index in [1.54, 1.807) is 77.7 Å². The first-order chi connectivity index (χ1) is 17.4. The summed E-state index contributed by atoms with van der Waals surface area (Å²) in [6.45, 7) is 14.6. The molecule has 0 radical (unpaired) electrons. The predicted molar refractivity (Wildman–Crippen MR) is 137 cm³/mol. The van der Waals surface area contributed by atoms with Crippen molar-refractivity contribution < 1.29 is 14.3 Å². The molecule has 0 saturated carbocycles. The van der Waals surface area contributed by atoms with Gasteiger partial charge < -0.3 is 10.1 Å². The van der Waals surface area contributed by atoms with E-state index in [1.165, 1.54) is 4.90 Å². The van der Waals surface area contributed by atoms with Gasteiger partial charge >= 0.3 is 12.1 Å². The largest absolute Gasteiger partial charge is 0.375 e. The quantitative estimate of drug-likeness (QED) is 0.433. The van der Waals surface area contributed by atoms with E-state index in [2.05, 4.69) is 20.0 Å². The average molecular weight is 497 g/mol. The smallest absolute Gasteiger partial charge is 0.347 e. The molecule has 2 saturated heterocycles. The minimum Gasteiger partial charge on any atom is -0.375 e. The summed E-state index contributed by atoms with van der Waals surface area (Å²) < 4.78 is 5.53. The molecule has 2 aliphatic rings.